The Morgan fingerprint density at radius 2 is 1.83 bits per heavy atom. The van der Waals surface area contributed by atoms with Gasteiger partial charge in [0, 0.05) is 17.8 Å². The molecule has 0 radical (unpaired) electrons. The molecule has 2 N–H and O–H groups in total. The van der Waals surface area contributed by atoms with Gasteiger partial charge in [0.2, 0.25) is 0 Å². The van der Waals surface area contributed by atoms with Crippen molar-refractivity contribution in [1.82, 2.24) is 14.8 Å². The Morgan fingerprint density at radius 3 is 2.49 bits per heavy atom. The zero-order valence-corrected chi connectivity index (χ0v) is 20.9. The van der Waals surface area contributed by atoms with Crippen molar-refractivity contribution in [2.24, 2.45) is 0 Å². The van der Waals surface area contributed by atoms with E-state index in [0.29, 0.717) is 4.60 Å². The summed E-state index contributed by atoms with van der Waals surface area (Å²) in [5.74, 6) is -1.32. The minimum atomic E-state index is -1.36. The van der Waals surface area contributed by atoms with E-state index in [-0.39, 0.29) is 44.2 Å². The molecule has 0 fully saturated rings. The monoisotopic (exact) mass is 577 g/mol. The van der Waals surface area contributed by atoms with Crippen molar-refractivity contribution in [1.29, 1.82) is 0 Å². The summed E-state index contributed by atoms with van der Waals surface area (Å²) in [5.41, 5.74) is 0.107. The molecule has 178 valence electrons. The van der Waals surface area contributed by atoms with Gasteiger partial charge in [-0.3, -0.25) is 4.79 Å². The van der Waals surface area contributed by atoms with Crippen molar-refractivity contribution in [3.63, 3.8) is 0 Å². The number of para-hydroxylation sites is 1. The highest BCUT2D eigenvalue weighted by atomic mass is 79.9. The normalized spacial score (nSPS) is 10.8. The summed E-state index contributed by atoms with van der Waals surface area (Å²) >= 11 is 15.5. The molecule has 0 unspecified atom stereocenters. The lowest BCUT2D eigenvalue weighted by Crippen LogP contribution is -2.27. The van der Waals surface area contributed by atoms with Crippen LogP contribution in [0.15, 0.2) is 65.4 Å². The van der Waals surface area contributed by atoms with Crippen molar-refractivity contribution in [2.75, 3.05) is 10.2 Å². The first kappa shape index (κ1) is 24.6. The van der Waals surface area contributed by atoms with Crippen LogP contribution < -0.4 is 10.2 Å². The quantitative estimate of drug-likeness (QED) is 0.270. The number of anilines is 3. The first-order valence-electron chi connectivity index (χ1n) is 9.93. The van der Waals surface area contributed by atoms with E-state index in [0.717, 1.165) is 11.0 Å². The number of hydrogen-bond acceptors (Lipinski definition) is 4. The molecule has 2 amide bonds. The Hall–Kier alpha value is -3.47. The van der Waals surface area contributed by atoms with E-state index in [1.807, 2.05) is 0 Å². The van der Waals surface area contributed by atoms with Crippen molar-refractivity contribution in [3.8, 4) is 5.82 Å². The van der Waals surface area contributed by atoms with E-state index in [4.69, 9.17) is 23.2 Å². The maximum absolute atomic E-state index is 14.8. The first-order valence-corrected chi connectivity index (χ1v) is 11.5. The zero-order chi connectivity index (χ0) is 25.3. The second-order valence-corrected chi connectivity index (χ2v) is 8.80. The summed E-state index contributed by atoms with van der Waals surface area (Å²) in [6.07, 6.45) is 0.127. The topological polar surface area (TPSA) is 100 Å². The number of hydrogen-bond donors (Lipinski definition) is 2. The first-order chi connectivity index (χ1) is 16.7. The number of carbonyl (C=O) groups excluding carboxylic acids is 1. The number of rotatable bonds is 5. The van der Waals surface area contributed by atoms with Gasteiger partial charge in [-0.15, -0.1) is 0 Å². The highest BCUT2D eigenvalue weighted by Gasteiger charge is 2.27. The summed E-state index contributed by atoms with van der Waals surface area (Å²) in [4.78, 5) is 30.7. The van der Waals surface area contributed by atoms with E-state index >= 15 is 0 Å². The maximum atomic E-state index is 14.8. The molecule has 0 atom stereocenters. The Bertz CT molecular complexity index is 1450. The second kappa shape index (κ2) is 10.0. The predicted molar refractivity (Wildman–Crippen MR) is 135 cm³/mol. The minimum absolute atomic E-state index is 0.0137. The molecule has 0 spiro atoms. The summed E-state index contributed by atoms with van der Waals surface area (Å²) in [7, 11) is 0. The molecule has 12 heteroatoms. The van der Waals surface area contributed by atoms with Gasteiger partial charge in [-0.2, -0.15) is 5.10 Å². The summed E-state index contributed by atoms with van der Waals surface area (Å²) in [6.45, 7) is 1.38. The number of pyridine rings is 1. The van der Waals surface area contributed by atoms with Crippen LogP contribution in [0.1, 0.15) is 16.1 Å². The van der Waals surface area contributed by atoms with Gasteiger partial charge in [-0.1, -0.05) is 41.4 Å². The standard InChI is InChI=1S/C23H15BrCl2FN5O3/c1-12-19(27)15(26)10-16(31(23(34)35)13-6-3-2-4-7-13)20(12)29-22(33)17-11-18(24)30-32(17)21-14(25)8-5-9-28-21/h2-11H,1H3,(H,29,33)(H,34,35). The van der Waals surface area contributed by atoms with E-state index in [9.17, 15) is 19.1 Å². The van der Waals surface area contributed by atoms with Crippen LogP contribution in [-0.4, -0.2) is 31.9 Å². The van der Waals surface area contributed by atoms with Crippen LogP contribution in [0.2, 0.25) is 10.0 Å². The molecule has 0 aliphatic heterocycles. The molecule has 4 aromatic rings. The molecule has 0 aliphatic carbocycles. The highest BCUT2D eigenvalue weighted by Crippen LogP contribution is 2.39. The van der Waals surface area contributed by atoms with Gasteiger partial charge in [-0.25, -0.2) is 23.8 Å². The number of nitrogens with one attached hydrogen (secondary N) is 1. The predicted octanol–water partition coefficient (Wildman–Crippen LogP) is 6.85. The molecule has 2 heterocycles. The van der Waals surface area contributed by atoms with Crippen LogP contribution in [-0.2, 0) is 0 Å². The zero-order valence-electron chi connectivity index (χ0n) is 17.8. The second-order valence-electron chi connectivity index (χ2n) is 7.17. The maximum Gasteiger partial charge on any atom is 0.416 e. The Kier molecular flexibility index (Phi) is 7.06. The van der Waals surface area contributed by atoms with Gasteiger partial charge < -0.3 is 10.4 Å². The SMILES string of the molecule is Cc1c(F)c(Cl)cc(N(C(=O)O)c2ccccc2)c1NC(=O)c1cc(Br)nn1-c1ncccc1Cl. The van der Waals surface area contributed by atoms with Gasteiger partial charge >= 0.3 is 6.09 Å². The number of benzene rings is 2. The molecule has 8 nitrogen and oxygen atoms in total. The molecule has 35 heavy (non-hydrogen) atoms. The molecule has 2 aromatic heterocycles. The van der Waals surface area contributed by atoms with Crippen LogP contribution in [0.4, 0.5) is 26.2 Å². The molecule has 0 saturated heterocycles. The smallest absolute Gasteiger partial charge is 0.416 e. The molecule has 0 saturated carbocycles. The van der Waals surface area contributed by atoms with Crippen molar-refractivity contribution >= 4 is 68.2 Å². The van der Waals surface area contributed by atoms with E-state index in [1.54, 1.807) is 42.5 Å². The van der Waals surface area contributed by atoms with Gasteiger partial charge in [0.1, 0.15) is 16.1 Å². The van der Waals surface area contributed by atoms with Crippen molar-refractivity contribution < 1.29 is 19.1 Å². The Balaban J connectivity index is 1.84. The van der Waals surface area contributed by atoms with Crippen LogP contribution >= 0.6 is 39.1 Å². The molecule has 0 aliphatic rings. The molecule has 2 aromatic carbocycles. The van der Waals surface area contributed by atoms with Crippen molar-refractivity contribution in [3.05, 3.63) is 92.5 Å². The highest BCUT2D eigenvalue weighted by molar-refractivity contribution is 9.10. The minimum Gasteiger partial charge on any atom is -0.464 e. The van der Waals surface area contributed by atoms with Gasteiger partial charge in [0.25, 0.3) is 5.91 Å². The number of halogens is 4. The average Bonchev–Trinajstić information content (AvgIpc) is 3.22. The summed E-state index contributed by atoms with van der Waals surface area (Å²) in [6, 6.07) is 13.9. The number of aromatic nitrogens is 3. The fourth-order valence-electron chi connectivity index (χ4n) is 3.39. The fraction of sp³-hybridized carbons (Fsp3) is 0.0435. The third kappa shape index (κ3) is 4.86. The lowest BCUT2D eigenvalue weighted by molar-refractivity contribution is 0.101. The summed E-state index contributed by atoms with van der Waals surface area (Å²) < 4.78 is 16.3. The average molecular weight is 579 g/mol. The largest absolute Gasteiger partial charge is 0.464 e. The van der Waals surface area contributed by atoms with Crippen LogP contribution in [0.5, 0.6) is 0 Å². The molecular formula is C23H15BrCl2FN5O3. The number of nitrogens with zero attached hydrogens (tertiary/aromatic N) is 4. The van der Waals surface area contributed by atoms with Crippen LogP contribution in [0, 0.1) is 12.7 Å². The fourth-order valence-corrected chi connectivity index (χ4v) is 4.21. The number of amides is 2. The Morgan fingerprint density at radius 1 is 1.11 bits per heavy atom. The summed E-state index contributed by atoms with van der Waals surface area (Å²) in [5, 5.41) is 16.7. The number of carboxylic acid groups (broad SMARTS) is 1. The third-order valence-electron chi connectivity index (χ3n) is 4.97. The number of carbonyl (C=O) groups is 2. The Labute approximate surface area is 217 Å². The van der Waals surface area contributed by atoms with E-state index < -0.39 is 17.8 Å². The van der Waals surface area contributed by atoms with Crippen LogP contribution in [0.25, 0.3) is 5.82 Å². The van der Waals surface area contributed by atoms with E-state index in [2.05, 4.69) is 31.3 Å². The van der Waals surface area contributed by atoms with Crippen molar-refractivity contribution in [2.45, 2.75) is 6.92 Å². The third-order valence-corrected chi connectivity index (χ3v) is 5.93. The molecule has 4 rings (SSSR count). The van der Waals surface area contributed by atoms with Gasteiger partial charge in [0.05, 0.1) is 27.1 Å². The molecule has 0 bridgehead atoms. The van der Waals surface area contributed by atoms with Gasteiger partial charge in [0.15, 0.2) is 5.82 Å². The lowest BCUT2D eigenvalue weighted by atomic mass is 10.1. The van der Waals surface area contributed by atoms with Gasteiger partial charge in [-0.05, 0) is 53.2 Å². The lowest BCUT2D eigenvalue weighted by Gasteiger charge is -2.24. The van der Waals surface area contributed by atoms with Crippen LogP contribution in [0.3, 0.4) is 0 Å². The molecular weight excluding hydrogens is 564 g/mol. The van der Waals surface area contributed by atoms with E-state index in [1.165, 1.54) is 23.9 Å².